The molecule has 0 heterocycles. The second kappa shape index (κ2) is 7.35. The van der Waals surface area contributed by atoms with Gasteiger partial charge in [-0.15, -0.1) is 0 Å². The summed E-state index contributed by atoms with van der Waals surface area (Å²) >= 11 is 6.13. The molecule has 0 aliphatic heterocycles. The minimum atomic E-state index is 0.0112. The Balaban J connectivity index is 1.73. The Morgan fingerprint density at radius 3 is 2.91 bits per heavy atom. The Morgan fingerprint density at radius 1 is 1.26 bits per heavy atom. The van der Waals surface area contributed by atoms with Gasteiger partial charge in [-0.3, -0.25) is 0 Å². The van der Waals surface area contributed by atoms with Gasteiger partial charge in [0.15, 0.2) is 0 Å². The molecule has 0 spiro atoms. The van der Waals surface area contributed by atoms with Crippen LogP contribution in [0.3, 0.4) is 0 Å². The lowest BCUT2D eigenvalue weighted by atomic mass is 9.93. The summed E-state index contributed by atoms with van der Waals surface area (Å²) in [7, 11) is 0. The second-order valence-corrected chi connectivity index (χ2v) is 6.37. The fourth-order valence-electron chi connectivity index (χ4n) is 3.26. The van der Waals surface area contributed by atoms with Gasteiger partial charge in [-0.05, 0) is 54.3 Å². The van der Waals surface area contributed by atoms with Crippen LogP contribution in [0.4, 0.5) is 5.69 Å². The van der Waals surface area contributed by atoms with E-state index in [1.807, 2.05) is 25.1 Å². The molecule has 1 aliphatic rings. The Bertz CT molecular complexity index is 674. The predicted octanol–water partition coefficient (Wildman–Crippen LogP) is 4.13. The highest BCUT2D eigenvalue weighted by molar-refractivity contribution is 6.30. The van der Waals surface area contributed by atoms with Gasteiger partial charge in [0.2, 0.25) is 0 Å². The largest absolute Gasteiger partial charge is 0.383 e. The van der Waals surface area contributed by atoms with Gasteiger partial charge in [-0.1, -0.05) is 29.8 Å². The van der Waals surface area contributed by atoms with E-state index in [-0.39, 0.29) is 6.04 Å². The molecule has 2 aromatic rings. The van der Waals surface area contributed by atoms with Crippen LogP contribution in [-0.4, -0.2) is 19.8 Å². The SMILES string of the molecule is CCOCCNc1ccc2c(c1)C(N)C(c1cccc(Cl)c1)C2. The van der Waals surface area contributed by atoms with Crippen LogP contribution < -0.4 is 11.1 Å². The van der Waals surface area contributed by atoms with E-state index in [1.165, 1.54) is 16.7 Å². The molecule has 0 saturated carbocycles. The Kier molecular flexibility index (Phi) is 5.21. The average Bonchev–Trinajstić information content (AvgIpc) is 2.88. The lowest BCUT2D eigenvalue weighted by Crippen LogP contribution is -2.15. The zero-order valence-corrected chi connectivity index (χ0v) is 14.1. The van der Waals surface area contributed by atoms with Crippen molar-refractivity contribution in [3.8, 4) is 0 Å². The molecular formula is C19H23ClN2O. The fourth-order valence-corrected chi connectivity index (χ4v) is 3.45. The topological polar surface area (TPSA) is 47.3 Å². The second-order valence-electron chi connectivity index (χ2n) is 5.93. The molecule has 0 aromatic heterocycles. The van der Waals surface area contributed by atoms with Crippen LogP contribution in [0.15, 0.2) is 42.5 Å². The van der Waals surface area contributed by atoms with Gasteiger partial charge in [-0.2, -0.15) is 0 Å². The lowest BCUT2D eigenvalue weighted by molar-refractivity contribution is 0.158. The van der Waals surface area contributed by atoms with Crippen molar-refractivity contribution < 1.29 is 4.74 Å². The van der Waals surface area contributed by atoms with Gasteiger partial charge in [-0.25, -0.2) is 0 Å². The van der Waals surface area contributed by atoms with E-state index in [4.69, 9.17) is 22.1 Å². The Labute approximate surface area is 142 Å². The molecule has 2 aromatic carbocycles. The number of nitrogens with two attached hydrogens (primary N) is 1. The fraction of sp³-hybridized carbons (Fsp3) is 0.368. The smallest absolute Gasteiger partial charge is 0.0638 e. The first-order valence-electron chi connectivity index (χ1n) is 8.14. The molecule has 2 atom stereocenters. The molecule has 0 saturated heterocycles. The zero-order valence-electron chi connectivity index (χ0n) is 13.4. The standard InChI is InChI=1S/C19H23ClN2O/c1-2-23-9-8-22-16-7-6-14-11-17(19(21)18(14)12-16)13-4-3-5-15(20)10-13/h3-7,10,12,17,19,22H,2,8-9,11,21H2,1H3. The quantitative estimate of drug-likeness (QED) is 0.783. The van der Waals surface area contributed by atoms with E-state index in [0.717, 1.165) is 30.3 Å². The van der Waals surface area contributed by atoms with Crippen molar-refractivity contribution in [2.24, 2.45) is 5.73 Å². The van der Waals surface area contributed by atoms with E-state index >= 15 is 0 Å². The van der Waals surface area contributed by atoms with Crippen LogP contribution in [0.2, 0.25) is 5.02 Å². The summed E-state index contributed by atoms with van der Waals surface area (Å²) in [5, 5.41) is 4.16. The van der Waals surface area contributed by atoms with Crippen LogP contribution in [-0.2, 0) is 11.2 Å². The van der Waals surface area contributed by atoms with Crippen LogP contribution in [0.1, 0.15) is 35.6 Å². The van der Waals surface area contributed by atoms with E-state index in [9.17, 15) is 0 Å². The van der Waals surface area contributed by atoms with Crippen LogP contribution in [0.5, 0.6) is 0 Å². The maximum Gasteiger partial charge on any atom is 0.0638 e. The molecule has 3 N–H and O–H groups in total. The van der Waals surface area contributed by atoms with E-state index in [1.54, 1.807) is 0 Å². The normalized spacial score (nSPS) is 19.6. The summed E-state index contributed by atoms with van der Waals surface area (Å²) < 4.78 is 5.36. The molecule has 2 unspecified atom stereocenters. The van der Waals surface area contributed by atoms with Gasteiger partial charge in [0.1, 0.15) is 0 Å². The molecule has 0 radical (unpaired) electrons. The minimum absolute atomic E-state index is 0.0112. The van der Waals surface area contributed by atoms with Gasteiger partial charge < -0.3 is 15.8 Å². The maximum absolute atomic E-state index is 6.52. The minimum Gasteiger partial charge on any atom is -0.383 e. The number of fused-ring (bicyclic) bond motifs is 1. The van der Waals surface area contributed by atoms with E-state index in [2.05, 4.69) is 29.6 Å². The van der Waals surface area contributed by atoms with E-state index < -0.39 is 0 Å². The third-order valence-electron chi connectivity index (χ3n) is 4.43. The van der Waals surface area contributed by atoms with Gasteiger partial charge >= 0.3 is 0 Å². The van der Waals surface area contributed by atoms with Crippen molar-refractivity contribution in [2.75, 3.05) is 25.1 Å². The molecular weight excluding hydrogens is 308 g/mol. The van der Waals surface area contributed by atoms with Crippen LogP contribution >= 0.6 is 11.6 Å². The van der Waals surface area contributed by atoms with Crippen molar-refractivity contribution in [3.63, 3.8) is 0 Å². The summed E-state index contributed by atoms with van der Waals surface area (Å²) in [5.41, 5.74) is 11.4. The van der Waals surface area contributed by atoms with Gasteiger partial charge in [0.25, 0.3) is 0 Å². The number of hydrogen-bond acceptors (Lipinski definition) is 3. The number of nitrogens with one attached hydrogen (secondary N) is 1. The molecule has 3 rings (SSSR count). The summed E-state index contributed by atoms with van der Waals surface area (Å²) in [6.07, 6.45) is 0.968. The highest BCUT2D eigenvalue weighted by atomic mass is 35.5. The predicted molar refractivity (Wildman–Crippen MR) is 96.3 cm³/mol. The highest BCUT2D eigenvalue weighted by Crippen LogP contribution is 2.42. The summed E-state index contributed by atoms with van der Waals surface area (Å²) in [6.45, 7) is 4.27. The number of rotatable bonds is 6. The summed E-state index contributed by atoms with van der Waals surface area (Å²) in [5.74, 6) is 0.294. The van der Waals surface area contributed by atoms with Crippen molar-refractivity contribution in [2.45, 2.75) is 25.3 Å². The van der Waals surface area contributed by atoms with Crippen molar-refractivity contribution >= 4 is 17.3 Å². The maximum atomic E-state index is 6.52. The molecule has 122 valence electrons. The van der Waals surface area contributed by atoms with Gasteiger partial charge in [0.05, 0.1) is 6.61 Å². The lowest BCUT2D eigenvalue weighted by Gasteiger charge is -2.17. The number of ether oxygens (including phenoxy) is 1. The number of hydrogen-bond donors (Lipinski definition) is 2. The summed E-state index contributed by atoms with van der Waals surface area (Å²) in [6, 6.07) is 14.5. The monoisotopic (exact) mass is 330 g/mol. The van der Waals surface area contributed by atoms with Crippen LogP contribution in [0.25, 0.3) is 0 Å². The first-order chi connectivity index (χ1) is 11.2. The van der Waals surface area contributed by atoms with Crippen molar-refractivity contribution in [1.82, 2.24) is 0 Å². The third kappa shape index (κ3) is 3.69. The Morgan fingerprint density at radius 2 is 2.13 bits per heavy atom. The Hall–Kier alpha value is -1.55. The number of anilines is 1. The molecule has 0 fully saturated rings. The molecule has 0 bridgehead atoms. The first-order valence-corrected chi connectivity index (χ1v) is 8.52. The third-order valence-corrected chi connectivity index (χ3v) is 4.67. The summed E-state index contributed by atoms with van der Waals surface area (Å²) in [4.78, 5) is 0. The molecule has 4 heteroatoms. The van der Waals surface area contributed by atoms with E-state index in [0.29, 0.717) is 12.5 Å². The number of halogens is 1. The van der Waals surface area contributed by atoms with Crippen molar-refractivity contribution in [3.05, 3.63) is 64.2 Å². The zero-order chi connectivity index (χ0) is 16.2. The molecule has 3 nitrogen and oxygen atoms in total. The highest BCUT2D eigenvalue weighted by Gasteiger charge is 2.31. The molecule has 0 amide bonds. The molecule has 23 heavy (non-hydrogen) atoms. The number of benzene rings is 2. The first kappa shape index (κ1) is 16.3. The molecule has 1 aliphatic carbocycles. The van der Waals surface area contributed by atoms with Crippen molar-refractivity contribution in [1.29, 1.82) is 0 Å². The van der Waals surface area contributed by atoms with Crippen LogP contribution in [0, 0.1) is 0 Å². The van der Waals surface area contributed by atoms with Gasteiger partial charge in [0, 0.05) is 35.8 Å². The average molecular weight is 331 g/mol.